The zero-order chi connectivity index (χ0) is 18.1. The van der Waals surface area contributed by atoms with Crippen LogP contribution < -0.4 is 10.5 Å². The third-order valence-electron chi connectivity index (χ3n) is 4.57. The molecule has 1 fully saturated rings. The lowest BCUT2D eigenvalue weighted by Gasteiger charge is -2.26. The summed E-state index contributed by atoms with van der Waals surface area (Å²) in [5, 5.41) is 0. The van der Waals surface area contributed by atoms with Crippen LogP contribution in [0.4, 0.5) is 10.1 Å². The molecule has 24 heavy (non-hydrogen) atoms. The van der Waals surface area contributed by atoms with Crippen molar-refractivity contribution in [1.29, 1.82) is 0 Å². The van der Waals surface area contributed by atoms with Crippen LogP contribution in [0.5, 0.6) is 0 Å². The molecule has 0 aliphatic heterocycles. The Morgan fingerprint density at radius 1 is 1.42 bits per heavy atom. The van der Waals surface area contributed by atoms with Crippen LogP contribution >= 0.6 is 0 Å². The van der Waals surface area contributed by atoms with Gasteiger partial charge in [-0.3, -0.25) is 0 Å². The largest absolute Gasteiger partial charge is 0.396 e. The van der Waals surface area contributed by atoms with Crippen LogP contribution in [0.25, 0.3) is 0 Å². The number of rotatable bonds is 8. The number of sulfone groups is 1. The predicted octanol–water partition coefficient (Wildman–Crippen LogP) is 2.67. The van der Waals surface area contributed by atoms with Gasteiger partial charge in [0.15, 0.2) is 13.9 Å². The molecular formula is C16H25FN2O3S2. The lowest BCUT2D eigenvalue weighted by Crippen LogP contribution is -2.43. The minimum Gasteiger partial charge on any atom is -0.396 e. The summed E-state index contributed by atoms with van der Waals surface area (Å²) in [6, 6.07) is 4.06. The van der Waals surface area contributed by atoms with Gasteiger partial charge in [-0.25, -0.2) is 21.7 Å². The highest BCUT2D eigenvalue weighted by Gasteiger charge is 2.38. The summed E-state index contributed by atoms with van der Waals surface area (Å²) in [4.78, 5) is 0. The number of nitrogens with two attached hydrogens (primary N) is 1. The van der Waals surface area contributed by atoms with E-state index in [1.165, 1.54) is 38.8 Å². The summed E-state index contributed by atoms with van der Waals surface area (Å²) >= 11 is 0. The summed E-state index contributed by atoms with van der Waals surface area (Å²) in [5.74, 6) is 0.167. The average Bonchev–Trinajstić information content (AvgIpc) is 3.29. The molecule has 5 nitrogen and oxygen atoms in total. The molecule has 2 unspecified atom stereocenters. The number of halogens is 1. The number of nitrogens with one attached hydrogen (secondary N) is 1. The molecule has 1 aromatic carbocycles. The Morgan fingerprint density at radius 3 is 2.54 bits per heavy atom. The van der Waals surface area contributed by atoms with Gasteiger partial charge in [0.2, 0.25) is 0 Å². The van der Waals surface area contributed by atoms with Gasteiger partial charge in [-0.05, 0) is 50.3 Å². The van der Waals surface area contributed by atoms with E-state index in [-0.39, 0.29) is 11.7 Å². The van der Waals surface area contributed by atoms with E-state index in [0.29, 0.717) is 17.9 Å². The summed E-state index contributed by atoms with van der Waals surface area (Å²) in [7, 11) is -5.32. The van der Waals surface area contributed by atoms with Crippen molar-refractivity contribution >= 4 is 26.5 Å². The quantitative estimate of drug-likeness (QED) is 0.683. The van der Waals surface area contributed by atoms with Crippen molar-refractivity contribution in [2.75, 3.05) is 12.0 Å². The summed E-state index contributed by atoms with van der Waals surface area (Å²) in [6.07, 6.45) is 5.10. The van der Waals surface area contributed by atoms with Crippen LogP contribution in [-0.2, 0) is 20.8 Å². The van der Waals surface area contributed by atoms with Crippen molar-refractivity contribution in [3.05, 3.63) is 29.6 Å². The molecule has 1 aliphatic carbocycles. The third kappa shape index (κ3) is 4.55. The molecule has 1 aliphatic rings. The number of hydrogen-bond acceptors (Lipinski definition) is 4. The molecule has 1 aromatic rings. The van der Waals surface area contributed by atoms with Gasteiger partial charge >= 0.3 is 0 Å². The van der Waals surface area contributed by atoms with Crippen molar-refractivity contribution in [1.82, 2.24) is 4.72 Å². The number of benzene rings is 1. The zero-order valence-electron chi connectivity index (χ0n) is 14.2. The summed E-state index contributed by atoms with van der Waals surface area (Å²) in [5.41, 5.74) is 6.38. The maximum Gasteiger partial charge on any atom is 0.165 e. The van der Waals surface area contributed by atoms with Gasteiger partial charge in [0.1, 0.15) is 16.8 Å². The van der Waals surface area contributed by atoms with Crippen LogP contribution in [0.15, 0.2) is 18.2 Å². The first-order valence-electron chi connectivity index (χ1n) is 7.95. The molecule has 0 amide bonds. The molecular weight excluding hydrogens is 351 g/mol. The van der Waals surface area contributed by atoms with E-state index in [9.17, 15) is 17.0 Å². The Balaban J connectivity index is 2.22. The fourth-order valence-corrected chi connectivity index (χ4v) is 4.33. The summed E-state index contributed by atoms with van der Waals surface area (Å²) < 4.78 is 51.3. The molecule has 0 aromatic heterocycles. The van der Waals surface area contributed by atoms with Crippen LogP contribution in [0.1, 0.15) is 51.1 Å². The van der Waals surface area contributed by atoms with Gasteiger partial charge in [-0.2, -0.15) is 0 Å². The zero-order valence-corrected chi connectivity index (χ0v) is 15.8. The molecule has 3 N–H and O–H groups in total. The maximum atomic E-state index is 13.4. The highest BCUT2D eigenvalue weighted by atomic mass is 32.3. The Labute approximate surface area is 145 Å². The van der Waals surface area contributed by atoms with E-state index in [0.717, 1.165) is 12.7 Å². The Kier molecular flexibility index (Phi) is 5.71. The van der Waals surface area contributed by atoms with Crippen LogP contribution in [0.3, 0.4) is 0 Å². The molecule has 1 saturated carbocycles. The van der Waals surface area contributed by atoms with Crippen molar-refractivity contribution in [3.63, 3.8) is 0 Å². The second-order valence-corrected chi connectivity index (χ2v) is 11.5. The average molecular weight is 377 g/mol. The highest BCUT2D eigenvalue weighted by molar-refractivity contribution is 8.06. The van der Waals surface area contributed by atoms with Crippen molar-refractivity contribution in [2.24, 2.45) is 5.92 Å². The fraction of sp³-hybridized carbons (Fsp3) is 0.625. The normalized spacial score (nSPS) is 18.3. The second-order valence-electron chi connectivity index (χ2n) is 6.91. The van der Waals surface area contributed by atoms with Crippen molar-refractivity contribution in [2.45, 2.75) is 49.7 Å². The third-order valence-corrected chi connectivity index (χ3v) is 9.11. The van der Waals surface area contributed by atoms with Gasteiger partial charge in [0.25, 0.3) is 0 Å². The lowest BCUT2D eigenvalue weighted by molar-refractivity contribution is 0.532. The lowest BCUT2D eigenvalue weighted by atomic mass is 10.0. The maximum absolute atomic E-state index is 13.4. The fourth-order valence-electron chi connectivity index (χ4n) is 2.29. The van der Waals surface area contributed by atoms with Gasteiger partial charge in [-0.15, -0.1) is 0 Å². The first kappa shape index (κ1) is 19.3. The molecule has 0 spiro atoms. The van der Waals surface area contributed by atoms with E-state index in [1.807, 2.05) is 0 Å². The Hall–Kier alpha value is -0.990. The topological polar surface area (TPSA) is 89.3 Å². The first-order valence-corrected chi connectivity index (χ1v) is 11.0. The molecule has 136 valence electrons. The molecule has 0 saturated heterocycles. The van der Waals surface area contributed by atoms with Crippen molar-refractivity contribution in [3.8, 4) is 0 Å². The van der Waals surface area contributed by atoms with Gasteiger partial charge in [-0.1, -0.05) is 18.9 Å². The van der Waals surface area contributed by atoms with E-state index >= 15 is 0 Å². The monoisotopic (exact) mass is 376 g/mol. The highest BCUT2D eigenvalue weighted by Crippen LogP contribution is 2.36. The smallest absolute Gasteiger partial charge is 0.165 e. The van der Waals surface area contributed by atoms with Gasteiger partial charge in [0.05, 0.1) is 5.69 Å². The van der Waals surface area contributed by atoms with Crippen LogP contribution in [-0.4, -0.2) is 23.0 Å². The number of hydrogen-bond donors (Lipinski definition) is 2. The minimum absolute atomic E-state index is 0.0267. The molecule has 0 heterocycles. The predicted molar refractivity (Wildman–Crippen MR) is 95.7 cm³/mol. The molecule has 0 radical (unpaired) electrons. The van der Waals surface area contributed by atoms with Gasteiger partial charge in [0, 0.05) is 12.3 Å². The van der Waals surface area contributed by atoms with Gasteiger partial charge < -0.3 is 5.73 Å². The second kappa shape index (κ2) is 7.09. The van der Waals surface area contributed by atoms with E-state index in [4.69, 9.17) is 5.73 Å². The number of nitrogen functional groups attached to an aromatic ring is 1. The van der Waals surface area contributed by atoms with Crippen LogP contribution in [0.2, 0.25) is 0 Å². The van der Waals surface area contributed by atoms with Crippen LogP contribution in [0, 0.1) is 11.7 Å². The molecule has 0 bridgehead atoms. The Bertz CT molecular complexity index is 731. The van der Waals surface area contributed by atoms with Crippen molar-refractivity contribution < 1.29 is 17.0 Å². The molecule has 2 rings (SSSR count). The van der Waals surface area contributed by atoms with E-state index < -0.39 is 30.7 Å². The minimum atomic E-state index is -3.51. The SMILES string of the molecule is CC(C)(S(=O)NC(CCC1CC1)c1ccc(F)c(N)c1)S(C)(=O)=O. The molecule has 8 heteroatoms. The Morgan fingerprint density at radius 2 is 2.04 bits per heavy atom. The van der Waals surface area contributed by atoms with E-state index in [2.05, 4.69) is 4.72 Å². The standard InChI is InChI=1S/C16H25FN2O3S2/c1-16(2,24(3,21)22)23(20)19-15(9-6-11-4-5-11)12-7-8-13(17)14(18)10-12/h7-8,10-11,15,19H,4-6,9,18H2,1-3H3. The first-order chi connectivity index (χ1) is 11.0. The number of anilines is 1. The summed E-state index contributed by atoms with van der Waals surface area (Å²) in [6.45, 7) is 2.87. The molecule has 2 atom stereocenters. The van der Waals surface area contributed by atoms with E-state index in [1.54, 1.807) is 6.07 Å².